The maximum Gasteiger partial charge on any atom is 0.191 e. The van der Waals surface area contributed by atoms with E-state index in [0.29, 0.717) is 19.0 Å². The van der Waals surface area contributed by atoms with Crippen molar-refractivity contribution in [2.75, 3.05) is 41.3 Å². The van der Waals surface area contributed by atoms with Gasteiger partial charge in [0, 0.05) is 29.7 Å². The molecule has 1 aromatic heterocycles. The zero-order chi connectivity index (χ0) is 21.5. The lowest BCUT2D eigenvalue weighted by Crippen LogP contribution is -2.43. The summed E-state index contributed by atoms with van der Waals surface area (Å²) < 4.78 is 6.54. The van der Waals surface area contributed by atoms with Crippen LogP contribution in [0.2, 0.25) is 0 Å². The molecule has 0 aliphatic heterocycles. The number of methoxy groups -OCH3 is 1. The first-order chi connectivity index (χ1) is 14.5. The van der Waals surface area contributed by atoms with Gasteiger partial charge in [-0.2, -0.15) is 0 Å². The third-order valence-corrected chi connectivity index (χ3v) is 6.24. The standard InChI is InChI=1S/C23H30N4O2S/c1-24-23(25-14-19(27(2)3)16-9-7-10-18(12-16)29-4)26-15-20(28)22-13-17-8-5-6-11-21(17)30-22/h5-13,19-20,28H,14-15H2,1-4H3,(H2,24,25,26). The molecule has 0 bridgehead atoms. The lowest BCUT2D eigenvalue weighted by Gasteiger charge is -2.26. The van der Waals surface area contributed by atoms with Crippen LogP contribution in [0.5, 0.6) is 5.75 Å². The number of fused-ring (bicyclic) bond motifs is 1. The first kappa shape index (κ1) is 22.1. The molecule has 2 aromatic carbocycles. The van der Waals surface area contributed by atoms with Crippen LogP contribution in [0.3, 0.4) is 0 Å². The van der Waals surface area contributed by atoms with Crippen LogP contribution in [0.25, 0.3) is 10.1 Å². The highest BCUT2D eigenvalue weighted by Gasteiger charge is 2.16. The Kier molecular flexibility index (Phi) is 7.68. The minimum atomic E-state index is -0.594. The maximum atomic E-state index is 10.6. The molecule has 3 aromatic rings. The van der Waals surface area contributed by atoms with Gasteiger partial charge in [0.25, 0.3) is 0 Å². The molecule has 0 fully saturated rings. The number of hydrogen-bond acceptors (Lipinski definition) is 5. The molecule has 160 valence electrons. The van der Waals surface area contributed by atoms with Crippen LogP contribution in [0.1, 0.15) is 22.6 Å². The van der Waals surface area contributed by atoms with Crippen LogP contribution in [-0.2, 0) is 0 Å². The molecule has 3 N–H and O–H groups in total. The molecule has 2 unspecified atom stereocenters. The molecule has 0 amide bonds. The number of aliphatic hydroxyl groups excluding tert-OH is 1. The summed E-state index contributed by atoms with van der Waals surface area (Å²) in [6, 6.07) is 18.4. The number of thiophene rings is 1. The van der Waals surface area contributed by atoms with Crippen molar-refractivity contribution in [2.45, 2.75) is 12.1 Å². The molecule has 6 nitrogen and oxygen atoms in total. The second-order valence-corrected chi connectivity index (χ2v) is 8.41. The second kappa shape index (κ2) is 10.4. The predicted molar refractivity (Wildman–Crippen MR) is 126 cm³/mol. The van der Waals surface area contributed by atoms with Gasteiger partial charge in [-0.05, 0) is 49.3 Å². The van der Waals surface area contributed by atoms with Crippen LogP contribution >= 0.6 is 11.3 Å². The molecule has 2 atom stereocenters. The number of aliphatic imine (C=N–C) groups is 1. The highest BCUT2D eigenvalue weighted by molar-refractivity contribution is 7.19. The average Bonchev–Trinajstić information content (AvgIpc) is 3.20. The minimum absolute atomic E-state index is 0.145. The number of nitrogens with one attached hydrogen (secondary N) is 2. The summed E-state index contributed by atoms with van der Waals surface area (Å²) in [5.74, 6) is 1.50. The zero-order valence-corrected chi connectivity index (χ0v) is 18.7. The van der Waals surface area contributed by atoms with Gasteiger partial charge in [-0.1, -0.05) is 30.3 Å². The van der Waals surface area contributed by atoms with Crippen LogP contribution in [-0.4, -0.2) is 57.3 Å². The highest BCUT2D eigenvalue weighted by atomic mass is 32.1. The molecule has 0 aliphatic rings. The van der Waals surface area contributed by atoms with Gasteiger partial charge in [-0.15, -0.1) is 11.3 Å². The first-order valence-electron chi connectivity index (χ1n) is 9.93. The lowest BCUT2D eigenvalue weighted by atomic mass is 10.1. The van der Waals surface area contributed by atoms with Crippen LogP contribution in [0, 0.1) is 0 Å². The average molecular weight is 427 g/mol. The summed E-state index contributed by atoms with van der Waals surface area (Å²) in [6.45, 7) is 1.05. The summed E-state index contributed by atoms with van der Waals surface area (Å²) in [4.78, 5) is 7.40. The molecule has 0 aliphatic carbocycles. The van der Waals surface area contributed by atoms with E-state index in [-0.39, 0.29) is 6.04 Å². The fraction of sp³-hybridized carbons (Fsp3) is 0.348. The number of hydrogen-bond donors (Lipinski definition) is 3. The molecule has 30 heavy (non-hydrogen) atoms. The van der Waals surface area contributed by atoms with Gasteiger partial charge in [0.1, 0.15) is 11.9 Å². The Morgan fingerprint density at radius 2 is 1.87 bits per heavy atom. The number of guanidine groups is 1. The van der Waals surface area contributed by atoms with Crippen LogP contribution < -0.4 is 15.4 Å². The molecule has 7 heteroatoms. The zero-order valence-electron chi connectivity index (χ0n) is 17.9. The number of benzene rings is 2. The molecular weight excluding hydrogens is 396 g/mol. The molecule has 0 spiro atoms. The Bertz CT molecular complexity index is 953. The highest BCUT2D eigenvalue weighted by Crippen LogP contribution is 2.29. The van der Waals surface area contributed by atoms with Crippen molar-refractivity contribution in [1.29, 1.82) is 0 Å². The van der Waals surface area contributed by atoms with Gasteiger partial charge in [0.05, 0.1) is 13.2 Å². The van der Waals surface area contributed by atoms with E-state index in [4.69, 9.17) is 4.74 Å². The van der Waals surface area contributed by atoms with Gasteiger partial charge < -0.3 is 25.4 Å². The van der Waals surface area contributed by atoms with E-state index < -0.39 is 6.10 Å². The Labute approximate surface area is 182 Å². The molecular formula is C23H30N4O2S. The number of ether oxygens (including phenoxy) is 1. The third-order valence-electron chi connectivity index (χ3n) is 5.02. The first-order valence-corrected chi connectivity index (χ1v) is 10.7. The van der Waals surface area contributed by atoms with Crippen molar-refractivity contribution in [3.05, 3.63) is 65.0 Å². The van der Waals surface area contributed by atoms with Gasteiger partial charge in [0.15, 0.2) is 5.96 Å². The summed E-state index contributed by atoms with van der Waals surface area (Å²) in [6.07, 6.45) is -0.594. The number of rotatable bonds is 8. The van der Waals surface area contributed by atoms with Crippen molar-refractivity contribution in [3.63, 3.8) is 0 Å². The maximum absolute atomic E-state index is 10.6. The number of nitrogens with zero attached hydrogens (tertiary/aromatic N) is 2. The van der Waals surface area contributed by atoms with E-state index in [9.17, 15) is 5.11 Å². The quantitative estimate of drug-likeness (QED) is 0.380. The smallest absolute Gasteiger partial charge is 0.191 e. The Balaban J connectivity index is 1.58. The molecule has 0 radical (unpaired) electrons. The number of aliphatic hydroxyl groups is 1. The van der Waals surface area contributed by atoms with Crippen molar-refractivity contribution in [3.8, 4) is 5.75 Å². The van der Waals surface area contributed by atoms with Crippen molar-refractivity contribution < 1.29 is 9.84 Å². The monoisotopic (exact) mass is 426 g/mol. The van der Waals surface area contributed by atoms with E-state index in [0.717, 1.165) is 21.6 Å². The molecule has 0 saturated carbocycles. The normalized spacial score (nSPS) is 14.0. The molecule has 1 heterocycles. The number of likely N-dealkylation sites (N-methyl/N-ethyl adjacent to an activating group) is 1. The SMILES string of the molecule is CN=C(NCC(O)c1cc2ccccc2s1)NCC(c1cccc(OC)c1)N(C)C. The second-order valence-electron chi connectivity index (χ2n) is 7.29. The topological polar surface area (TPSA) is 69.1 Å². The Hall–Kier alpha value is -2.61. The lowest BCUT2D eigenvalue weighted by molar-refractivity contribution is 0.184. The van der Waals surface area contributed by atoms with Gasteiger partial charge >= 0.3 is 0 Å². The third kappa shape index (κ3) is 5.50. The Morgan fingerprint density at radius 1 is 1.10 bits per heavy atom. The van der Waals surface area contributed by atoms with Gasteiger partial charge in [-0.25, -0.2) is 0 Å². The fourth-order valence-electron chi connectivity index (χ4n) is 3.32. The predicted octanol–water partition coefficient (Wildman–Crippen LogP) is 3.41. The Morgan fingerprint density at radius 3 is 2.57 bits per heavy atom. The van der Waals surface area contributed by atoms with E-state index in [1.165, 1.54) is 4.70 Å². The van der Waals surface area contributed by atoms with Crippen LogP contribution in [0.15, 0.2) is 59.6 Å². The van der Waals surface area contributed by atoms with E-state index in [2.05, 4.69) is 38.7 Å². The van der Waals surface area contributed by atoms with Gasteiger partial charge in [-0.3, -0.25) is 4.99 Å². The van der Waals surface area contributed by atoms with Crippen molar-refractivity contribution in [2.24, 2.45) is 4.99 Å². The molecule has 3 rings (SSSR count). The van der Waals surface area contributed by atoms with Crippen molar-refractivity contribution in [1.82, 2.24) is 15.5 Å². The fourth-order valence-corrected chi connectivity index (χ4v) is 4.37. The largest absolute Gasteiger partial charge is 0.497 e. The summed E-state index contributed by atoms with van der Waals surface area (Å²) in [7, 11) is 7.51. The summed E-state index contributed by atoms with van der Waals surface area (Å²) in [5.41, 5.74) is 1.16. The van der Waals surface area contributed by atoms with E-state index >= 15 is 0 Å². The van der Waals surface area contributed by atoms with E-state index in [1.807, 2.05) is 50.5 Å². The van der Waals surface area contributed by atoms with E-state index in [1.54, 1.807) is 25.5 Å². The van der Waals surface area contributed by atoms with Crippen molar-refractivity contribution >= 4 is 27.4 Å². The summed E-state index contributed by atoms with van der Waals surface area (Å²) >= 11 is 1.62. The molecule has 0 saturated heterocycles. The van der Waals surface area contributed by atoms with Gasteiger partial charge in [0.2, 0.25) is 0 Å². The summed E-state index contributed by atoms with van der Waals surface area (Å²) in [5, 5.41) is 18.4. The minimum Gasteiger partial charge on any atom is -0.497 e. The van der Waals surface area contributed by atoms with Crippen LogP contribution in [0.4, 0.5) is 0 Å².